The number of carbonyl (C=O) groups is 1. The number of hydrogen-bond acceptors (Lipinski definition) is 4. The predicted octanol–water partition coefficient (Wildman–Crippen LogP) is 3.85. The van der Waals surface area contributed by atoms with Crippen molar-refractivity contribution in [1.29, 1.82) is 0 Å². The number of hydrogen-bond donors (Lipinski definition) is 1. The van der Waals surface area contributed by atoms with Crippen molar-refractivity contribution in [3.8, 4) is 5.75 Å². The van der Waals surface area contributed by atoms with Crippen molar-refractivity contribution in [2.45, 2.75) is 44.1 Å². The number of rotatable bonds is 6. The Labute approximate surface area is 146 Å². The van der Waals surface area contributed by atoms with Crippen molar-refractivity contribution in [3.63, 3.8) is 0 Å². The smallest absolute Gasteiger partial charge is 0.221 e. The van der Waals surface area contributed by atoms with Gasteiger partial charge in [0, 0.05) is 24.5 Å². The Bertz CT molecular complexity index is 708. The van der Waals surface area contributed by atoms with E-state index < -0.39 is 0 Å². The molecule has 1 fully saturated rings. The Kier molecular flexibility index (Phi) is 5.09. The van der Waals surface area contributed by atoms with Crippen LogP contribution in [0.15, 0.2) is 34.9 Å². The van der Waals surface area contributed by atoms with Crippen LogP contribution in [0.5, 0.6) is 5.75 Å². The number of aromatic nitrogens is 1. The SMILES string of the molecule is COc1ccccc1C1(NC(=O)CCc2cc(Cl)no2)CCCC1. The predicted molar refractivity (Wildman–Crippen MR) is 91.1 cm³/mol. The second-order valence-electron chi connectivity index (χ2n) is 6.15. The van der Waals surface area contributed by atoms with Gasteiger partial charge in [-0.05, 0) is 18.9 Å². The minimum atomic E-state index is -0.344. The van der Waals surface area contributed by atoms with Crippen LogP contribution in [0.4, 0.5) is 0 Å². The van der Waals surface area contributed by atoms with E-state index in [-0.39, 0.29) is 11.4 Å². The summed E-state index contributed by atoms with van der Waals surface area (Å²) in [5.74, 6) is 1.44. The molecule has 0 saturated heterocycles. The third-order valence-electron chi connectivity index (χ3n) is 4.59. The van der Waals surface area contributed by atoms with Crippen LogP contribution < -0.4 is 10.1 Å². The number of nitrogens with one attached hydrogen (secondary N) is 1. The highest BCUT2D eigenvalue weighted by Gasteiger charge is 2.38. The largest absolute Gasteiger partial charge is 0.496 e. The molecule has 0 atom stereocenters. The van der Waals surface area contributed by atoms with Gasteiger partial charge in [0.15, 0.2) is 5.15 Å². The lowest BCUT2D eigenvalue weighted by Crippen LogP contribution is -2.44. The fourth-order valence-corrected chi connectivity index (χ4v) is 3.61. The lowest BCUT2D eigenvalue weighted by atomic mass is 9.87. The third-order valence-corrected chi connectivity index (χ3v) is 4.77. The molecule has 3 rings (SSSR count). The minimum Gasteiger partial charge on any atom is -0.496 e. The molecule has 1 heterocycles. The standard InChI is InChI=1S/C18H21ClN2O3/c1-23-15-7-3-2-6-14(15)18(10-4-5-11-18)20-17(22)9-8-13-12-16(19)21-24-13/h2-3,6-7,12H,4-5,8-11H2,1H3,(H,20,22). The Balaban J connectivity index is 1.72. The molecule has 128 valence electrons. The Hall–Kier alpha value is -2.01. The van der Waals surface area contributed by atoms with E-state index in [1.54, 1.807) is 13.2 Å². The van der Waals surface area contributed by atoms with Gasteiger partial charge in [-0.1, -0.05) is 47.8 Å². The molecule has 5 nitrogen and oxygen atoms in total. The first-order chi connectivity index (χ1) is 11.6. The van der Waals surface area contributed by atoms with Crippen molar-refractivity contribution >= 4 is 17.5 Å². The number of nitrogens with zero attached hydrogens (tertiary/aromatic N) is 1. The zero-order valence-electron chi connectivity index (χ0n) is 13.7. The Morgan fingerprint density at radius 1 is 1.38 bits per heavy atom. The number of carbonyl (C=O) groups excluding carboxylic acids is 1. The van der Waals surface area contributed by atoms with Crippen LogP contribution in [0.2, 0.25) is 5.15 Å². The lowest BCUT2D eigenvalue weighted by molar-refractivity contribution is -0.123. The molecule has 1 aromatic carbocycles. The van der Waals surface area contributed by atoms with E-state index in [9.17, 15) is 4.79 Å². The zero-order valence-corrected chi connectivity index (χ0v) is 14.4. The normalized spacial score (nSPS) is 16.1. The quantitative estimate of drug-likeness (QED) is 0.861. The maximum absolute atomic E-state index is 12.5. The van der Waals surface area contributed by atoms with Crippen LogP contribution in [-0.4, -0.2) is 18.2 Å². The first kappa shape index (κ1) is 16.8. The van der Waals surface area contributed by atoms with Gasteiger partial charge in [-0.3, -0.25) is 4.79 Å². The second kappa shape index (κ2) is 7.26. The molecule has 1 saturated carbocycles. The van der Waals surface area contributed by atoms with Gasteiger partial charge in [0.2, 0.25) is 5.91 Å². The third kappa shape index (κ3) is 3.56. The first-order valence-electron chi connectivity index (χ1n) is 8.18. The fraction of sp³-hybridized carbons (Fsp3) is 0.444. The van der Waals surface area contributed by atoms with Crippen LogP contribution in [0, 0.1) is 0 Å². The maximum atomic E-state index is 12.5. The van der Waals surface area contributed by atoms with Crippen molar-refractivity contribution in [3.05, 3.63) is 46.8 Å². The minimum absolute atomic E-state index is 0.00433. The van der Waals surface area contributed by atoms with Gasteiger partial charge >= 0.3 is 0 Å². The molecule has 1 aliphatic carbocycles. The van der Waals surface area contributed by atoms with E-state index in [0.717, 1.165) is 37.0 Å². The summed E-state index contributed by atoms with van der Waals surface area (Å²) in [6.45, 7) is 0. The second-order valence-corrected chi connectivity index (χ2v) is 6.54. The molecule has 2 aromatic rings. The lowest BCUT2D eigenvalue weighted by Gasteiger charge is -2.32. The molecule has 6 heteroatoms. The molecular weight excluding hydrogens is 328 g/mol. The number of aryl methyl sites for hydroxylation is 1. The molecule has 0 bridgehead atoms. The molecule has 1 aromatic heterocycles. The zero-order chi connectivity index (χ0) is 17.0. The van der Waals surface area contributed by atoms with Crippen molar-refractivity contribution in [2.75, 3.05) is 7.11 Å². The van der Waals surface area contributed by atoms with E-state index in [0.29, 0.717) is 23.8 Å². The van der Waals surface area contributed by atoms with Gasteiger partial charge in [-0.2, -0.15) is 0 Å². The van der Waals surface area contributed by atoms with E-state index in [4.69, 9.17) is 20.9 Å². The van der Waals surface area contributed by atoms with Crippen LogP contribution >= 0.6 is 11.6 Å². The van der Waals surface area contributed by atoms with Gasteiger partial charge in [-0.25, -0.2) is 0 Å². The molecule has 1 aliphatic rings. The molecule has 1 amide bonds. The van der Waals surface area contributed by atoms with Gasteiger partial charge in [0.1, 0.15) is 11.5 Å². The van der Waals surface area contributed by atoms with Gasteiger partial charge in [0.25, 0.3) is 0 Å². The highest BCUT2D eigenvalue weighted by atomic mass is 35.5. The average molecular weight is 349 g/mol. The van der Waals surface area contributed by atoms with Crippen LogP contribution in [-0.2, 0) is 16.8 Å². The molecule has 1 N–H and O–H groups in total. The molecule has 24 heavy (non-hydrogen) atoms. The summed E-state index contributed by atoms with van der Waals surface area (Å²) in [6.07, 6.45) is 4.85. The van der Waals surface area contributed by atoms with Gasteiger partial charge < -0.3 is 14.6 Å². The highest BCUT2D eigenvalue weighted by Crippen LogP contribution is 2.42. The summed E-state index contributed by atoms with van der Waals surface area (Å²) < 4.78 is 10.6. The maximum Gasteiger partial charge on any atom is 0.221 e. The average Bonchev–Trinajstić information content (AvgIpc) is 3.23. The summed E-state index contributed by atoms with van der Waals surface area (Å²) in [6, 6.07) is 9.56. The molecule has 0 spiro atoms. The number of methoxy groups -OCH3 is 1. The van der Waals surface area contributed by atoms with Gasteiger partial charge in [0.05, 0.1) is 12.6 Å². The van der Waals surface area contributed by atoms with Crippen molar-refractivity contribution in [2.24, 2.45) is 0 Å². The van der Waals surface area contributed by atoms with E-state index in [1.807, 2.05) is 24.3 Å². The number of ether oxygens (including phenoxy) is 1. The number of amides is 1. The topological polar surface area (TPSA) is 64.4 Å². The summed E-state index contributed by atoms with van der Waals surface area (Å²) >= 11 is 5.73. The van der Waals surface area contributed by atoms with E-state index in [2.05, 4.69) is 10.5 Å². The Morgan fingerprint density at radius 3 is 2.79 bits per heavy atom. The van der Waals surface area contributed by atoms with Crippen molar-refractivity contribution < 1.29 is 14.1 Å². The summed E-state index contributed by atoms with van der Waals surface area (Å²) in [5, 5.41) is 7.18. The van der Waals surface area contributed by atoms with Crippen molar-refractivity contribution in [1.82, 2.24) is 10.5 Å². The summed E-state index contributed by atoms with van der Waals surface area (Å²) in [7, 11) is 1.66. The molecule has 0 unspecified atom stereocenters. The number of benzene rings is 1. The van der Waals surface area contributed by atoms with E-state index >= 15 is 0 Å². The first-order valence-corrected chi connectivity index (χ1v) is 8.56. The number of para-hydroxylation sites is 1. The summed E-state index contributed by atoms with van der Waals surface area (Å²) in [5.41, 5.74) is 0.712. The molecule has 0 aliphatic heterocycles. The Morgan fingerprint density at radius 2 is 2.12 bits per heavy atom. The molecular formula is C18H21ClN2O3. The van der Waals surface area contributed by atoms with Crippen LogP contribution in [0.1, 0.15) is 43.4 Å². The fourth-order valence-electron chi connectivity index (χ4n) is 3.45. The van der Waals surface area contributed by atoms with Gasteiger partial charge in [-0.15, -0.1) is 0 Å². The monoisotopic (exact) mass is 348 g/mol. The highest BCUT2D eigenvalue weighted by molar-refractivity contribution is 6.29. The van der Waals surface area contributed by atoms with E-state index in [1.165, 1.54) is 0 Å². The summed E-state index contributed by atoms with van der Waals surface area (Å²) in [4.78, 5) is 12.5. The number of halogens is 1. The molecule has 0 radical (unpaired) electrons. The van der Waals surface area contributed by atoms with Crippen LogP contribution in [0.3, 0.4) is 0 Å². The van der Waals surface area contributed by atoms with Crippen LogP contribution in [0.25, 0.3) is 0 Å².